The first-order chi connectivity index (χ1) is 19.3. The number of nitrogens with zero attached hydrogens (tertiary/aromatic N) is 5. The molecule has 0 aliphatic carbocycles. The molecule has 3 aromatic rings. The molecule has 1 fully saturated rings. The summed E-state index contributed by atoms with van der Waals surface area (Å²) in [6.07, 6.45) is 3.75. The van der Waals surface area contributed by atoms with Crippen LogP contribution in [0, 0.1) is 12.7 Å². The maximum atomic E-state index is 14.8. The first-order valence-corrected chi connectivity index (χ1v) is 13.8. The number of benzene rings is 2. The lowest BCUT2D eigenvalue weighted by atomic mass is 10.0. The van der Waals surface area contributed by atoms with Crippen molar-refractivity contribution in [3.8, 4) is 5.75 Å². The zero-order valence-corrected chi connectivity index (χ0v) is 23.0. The standard InChI is InChI=1S/C30H33FN6O3/c1-18-4-7-25-27(28(18)31)19(2)16-37(25)29(38)24-15-26(33-17-32-24)35-11-9-21(10-12-35)36-13-8-20-14-22(40-3)5-6-23(20)34-30(36)39/h4-7,14-15,17,19,21H,8-13,16H2,1-3H3,(H,34,39). The number of carbonyl (C=O) groups is 2. The van der Waals surface area contributed by atoms with Crippen molar-refractivity contribution in [2.75, 3.05) is 48.4 Å². The highest BCUT2D eigenvalue weighted by Crippen LogP contribution is 2.39. The van der Waals surface area contributed by atoms with Gasteiger partial charge in [0, 0.05) is 55.5 Å². The number of fused-ring (bicyclic) bond motifs is 2. The van der Waals surface area contributed by atoms with Gasteiger partial charge in [-0.25, -0.2) is 19.2 Å². The van der Waals surface area contributed by atoms with Gasteiger partial charge in [-0.2, -0.15) is 0 Å². The highest BCUT2D eigenvalue weighted by Gasteiger charge is 2.35. The van der Waals surface area contributed by atoms with Gasteiger partial charge in [0.05, 0.1) is 12.8 Å². The fourth-order valence-corrected chi connectivity index (χ4v) is 6.14. The Morgan fingerprint density at radius 3 is 2.67 bits per heavy atom. The van der Waals surface area contributed by atoms with E-state index in [2.05, 4.69) is 20.2 Å². The normalized spacial score (nSPS) is 19.1. The van der Waals surface area contributed by atoms with Crippen LogP contribution < -0.4 is 19.9 Å². The number of amides is 3. The van der Waals surface area contributed by atoms with Crippen LogP contribution in [0.15, 0.2) is 42.7 Å². The van der Waals surface area contributed by atoms with Gasteiger partial charge < -0.3 is 24.8 Å². The minimum Gasteiger partial charge on any atom is -0.497 e. The third kappa shape index (κ3) is 4.61. The van der Waals surface area contributed by atoms with Crippen molar-refractivity contribution in [3.63, 3.8) is 0 Å². The zero-order chi connectivity index (χ0) is 28.0. The molecule has 1 unspecified atom stereocenters. The number of ether oxygens (including phenoxy) is 1. The highest BCUT2D eigenvalue weighted by atomic mass is 19.1. The molecule has 3 amide bonds. The van der Waals surface area contributed by atoms with Crippen molar-refractivity contribution >= 4 is 29.1 Å². The van der Waals surface area contributed by atoms with Crippen molar-refractivity contribution in [3.05, 3.63) is 70.9 Å². The van der Waals surface area contributed by atoms with Gasteiger partial charge >= 0.3 is 6.03 Å². The molecule has 1 atom stereocenters. The van der Waals surface area contributed by atoms with E-state index in [1.807, 2.05) is 36.1 Å². The van der Waals surface area contributed by atoms with Crippen LogP contribution >= 0.6 is 0 Å². The van der Waals surface area contributed by atoms with E-state index >= 15 is 0 Å². The van der Waals surface area contributed by atoms with E-state index in [0.717, 1.165) is 36.3 Å². The first kappa shape index (κ1) is 26.0. The molecule has 0 spiro atoms. The van der Waals surface area contributed by atoms with E-state index in [9.17, 15) is 14.0 Å². The molecule has 40 heavy (non-hydrogen) atoms. The summed E-state index contributed by atoms with van der Waals surface area (Å²) < 4.78 is 20.2. The third-order valence-electron chi connectivity index (χ3n) is 8.37. The van der Waals surface area contributed by atoms with Crippen molar-refractivity contribution in [1.82, 2.24) is 14.9 Å². The summed E-state index contributed by atoms with van der Waals surface area (Å²) in [5, 5.41) is 3.06. The molecule has 10 heteroatoms. The molecule has 4 heterocycles. The molecule has 0 bridgehead atoms. The van der Waals surface area contributed by atoms with Crippen LogP contribution in [0.1, 0.15) is 52.9 Å². The van der Waals surface area contributed by atoms with Crippen molar-refractivity contribution in [2.45, 2.75) is 45.1 Å². The van der Waals surface area contributed by atoms with Crippen LogP contribution in [0.3, 0.4) is 0 Å². The molecule has 6 rings (SSSR count). The molecule has 3 aliphatic rings. The lowest BCUT2D eigenvalue weighted by molar-refractivity contribution is 0.0983. The third-order valence-corrected chi connectivity index (χ3v) is 8.37. The lowest BCUT2D eigenvalue weighted by Crippen LogP contribution is -2.49. The number of anilines is 3. The second-order valence-electron chi connectivity index (χ2n) is 10.8. The molecule has 1 N–H and O–H groups in total. The van der Waals surface area contributed by atoms with Crippen molar-refractivity contribution in [2.24, 2.45) is 0 Å². The van der Waals surface area contributed by atoms with Crippen LogP contribution in [-0.4, -0.2) is 66.1 Å². The summed E-state index contributed by atoms with van der Waals surface area (Å²) in [5.41, 5.74) is 3.96. The number of urea groups is 1. The maximum absolute atomic E-state index is 14.8. The predicted molar refractivity (Wildman–Crippen MR) is 151 cm³/mol. The maximum Gasteiger partial charge on any atom is 0.322 e. The quantitative estimate of drug-likeness (QED) is 0.510. The Morgan fingerprint density at radius 2 is 1.90 bits per heavy atom. The van der Waals surface area contributed by atoms with Crippen molar-refractivity contribution in [1.29, 1.82) is 0 Å². The number of methoxy groups -OCH3 is 1. The van der Waals surface area contributed by atoms with Crippen LogP contribution in [0.5, 0.6) is 5.75 Å². The van der Waals surface area contributed by atoms with Crippen LogP contribution in [0.4, 0.5) is 26.4 Å². The first-order valence-electron chi connectivity index (χ1n) is 13.8. The molecule has 3 aliphatic heterocycles. The van der Waals surface area contributed by atoms with E-state index in [-0.39, 0.29) is 35.4 Å². The van der Waals surface area contributed by atoms with Gasteiger partial charge in [-0.15, -0.1) is 0 Å². The van der Waals surface area contributed by atoms with E-state index in [0.29, 0.717) is 48.8 Å². The minimum absolute atomic E-state index is 0.0796. The number of rotatable bonds is 4. The second kappa shape index (κ2) is 10.4. The van der Waals surface area contributed by atoms with Gasteiger partial charge in [0.15, 0.2) is 0 Å². The van der Waals surface area contributed by atoms with Gasteiger partial charge in [-0.1, -0.05) is 13.0 Å². The Balaban J connectivity index is 1.12. The molecule has 208 valence electrons. The summed E-state index contributed by atoms with van der Waals surface area (Å²) >= 11 is 0. The van der Waals surface area contributed by atoms with E-state index in [1.165, 1.54) is 6.33 Å². The summed E-state index contributed by atoms with van der Waals surface area (Å²) in [6, 6.07) is 11.0. The van der Waals surface area contributed by atoms with E-state index < -0.39 is 0 Å². The van der Waals surface area contributed by atoms with Crippen LogP contribution in [0.25, 0.3) is 0 Å². The van der Waals surface area contributed by atoms with Gasteiger partial charge in [-0.05, 0) is 61.6 Å². The number of carbonyl (C=O) groups excluding carboxylic acids is 2. The predicted octanol–water partition coefficient (Wildman–Crippen LogP) is 4.76. The average Bonchev–Trinajstić information content (AvgIpc) is 3.22. The SMILES string of the molecule is COc1ccc2c(c1)CCN(C1CCN(c3cc(C(=O)N4CC(C)c5c4ccc(C)c5F)ncn3)CC1)C(=O)N2. The Kier molecular flexibility index (Phi) is 6.77. The van der Waals surface area contributed by atoms with Gasteiger partial charge in [0.2, 0.25) is 0 Å². The van der Waals surface area contributed by atoms with Gasteiger partial charge in [-0.3, -0.25) is 4.79 Å². The number of hydrogen-bond donors (Lipinski definition) is 1. The molecular weight excluding hydrogens is 511 g/mol. The fraction of sp³-hybridized carbons (Fsp3) is 0.400. The lowest BCUT2D eigenvalue weighted by Gasteiger charge is -2.38. The minimum atomic E-state index is -0.259. The molecule has 9 nitrogen and oxygen atoms in total. The molecule has 1 aromatic heterocycles. The topological polar surface area (TPSA) is 90.9 Å². The monoisotopic (exact) mass is 544 g/mol. The number of aromatic nitrogens is 2. The van der Waals surface area contributed by atoms with Crippen molar-refractivity contribution < 1.29 is 18.7 Å². The second-order valence-corrected chi connectivity index (χ2v) is 10.8. The molecule has 0 saturated carbocycles. The summed E-state index contributed by atoms with van der Waals surface area (Å²) in [5.74, 6) is 0.866. The number of nitrogens with one attached hydrogen (secondary N) is 1. The van der Waals surface area contributed by atoms with Crippen LogP contribution in [0.2, 0.25) is 0 Å². The fourth-order valence-electron chi connectivity index (χ4n) is 6.14. The summed E-state index contributed by atoms with van der Waals surface area (Å²) in [7, 11) is 1.64. The Hall–Kier alpha value is -4.21. The van der Waals surface area contributed by atoms with E-state index in [1.54, 1.807) is 31.1 Å². The molecular formula is C30H33FN6O3. The van der Waals surface area contributed by atoms with E-state index in [4.69, 9.17) is 4.74 Å². The summed E-state index contributed by atoms with van der Waals surface area (Å²) in [6.45, 7) is 6.13. The zero-order valence-electron chi connectivity index (χ0n) is 23.0. The van der Waals surface area contributed by atoms with Gasteiger partial charge in [0.25, 0.3) is 5.91 Å². The largest absolute Gasteiger partial charge is 0.497 e. The Morgan fingerprint density at radius 1 is 1.10 bits per heavy atom. The van der Waals surface area contributed by atoms with Crippen LogP contribution in [-0.2, 0) is 6.42 Å². The molecule has 2 aromatic carbocycles. The average molecular weight is 545 g/mol. The number of hydrogen-bond acceptors (Lipinski definition) is 6. The smallest absolute Gasteiger partial charge is 0.322 e. The summed E-state index contributed by atoms with van der Waals surface area (Å²) in [4.78, 5) is 40.9. The highest BCUT2D eigenvalue weighted by molar-refractivity contribution is 6.06. The molecule has 0 radical (unpaired) electrons. The number of halogens is 1. The Labute approximate surface area is 233 Å². The molecule has 1 saturated heterocycles. The number of aryl methyl sites for hydroxylation is 1. The van der Waals surface area contributed by atoms with Gasteiger partial charge in [0.1, 0.15) is 29.4 Å². The number of piperidine rings is 1. The Bertz CT molecular complexity index is 1470.